The number of aryl methyl sites for hydroxylation is 1. The van der Waals surface area contributed by atoms with Gasteiger partial charge in [-0.1, -0.05) is 5.21 Å². The normalized spacial score (nSPS) is 11.4. The fourth-order valence-corrected chi connectivity index (χ4v) is 1.90. The van der Waals surface area contributed by atoms with Gasteiger partial charge in [-0.15, -0.1) is 5.10 Å². The lowest BCUT2D eigenvalue weighted by Crippen LogP contribution is -2.05. The summed E-state index contributed by atoms with van der Waals surface area (Å²) < 4.78 is 3.79. The molecule has 0 bridgehead atoms. The molecule has 0 saturated carbocycles. The van der Waals surface area contributed by atoms with Crippen molar-refractivity contribution in [1.29, 1.82) is 0 Å². The van der Waals surface area contributed by atoms with Crippen molar-refractivity contribution in [3.63, 3.8) is 0 Å². The predicted molar refractivity (Wildman–Crippen MR) is 73.7 cm³/mol. The van der Waals surface area contributed by atoms with Crippen molar-refractivity contribution in [2.24, 2.45) is 5.73 Å². The summed E-state index contributed by atoms with van der Waals surface area (Å²) in [6, 6.07) is 2.41. The van der Waals surface area contributed by atoms with Crippen LogP contribution in [0.4, 0.5) is 0 Å². The minimum absolute atomic E-state index is 0.385. The summed E-state index contributed by atoms with van der Waals surface area (Å²) in [5.41, 5.74) is 7.51. The van der Waals surface area contributed by atoms with Crippen LogP contribution in [-0.2, 0) is 13.0 Å². The van der Waals surface area contributed by atoms with Crippen molar-refractivity contribution in [1.82, 2.24) is 24.8 Å². The van der Waals surface area contributed by atoms with Gasteiger partial charge in [0.15, 0.2) is 0 Å². The third-order valence-corrected chi connectivity index (χ3v) is 2.99. The molecule has 0 spiro atoms. The maximum Gasteiger partial charge on any atom is 0.0867 e. The summed E-state index contributed by atoms with van der Waals surface area (Å²) in [5.74, 6) is 0. The largest absolute Gasteiger partial charge is 0.330 e. The lowest BCUT2D eigenvalue weighted by Gasteiger charge is -2.03. The quantitative estimate of drug-likeness (QED) is 0.765. The van der Waals surface area contributed by atoms with Gasteiger partial charge in [0.25, 0.3) is 0 Å². The van der Waals surface area contributed by atoms with Crippen molar-refractivity contribution >= 4 is 0 Å². The number of nitrogens with zero attached hydrogens (tertiary/aromatic N) is 5. The summed E-state index contributed by atoms with van der Waals surface area (Å²) >= 11 is 0. The molecule has 0 fully saturated rings. The Balaban J connectivity index is 1.91. The van der Waals surface area contributed by atoms with Crippen LogP contribution in [0.25, 0.3) is 0 Å². The van der Waals surface area contributed by atoms with E-state index in [9.17, 15) is 0 Å². The molecule has 0 radical (unpaired) electrons. The highest BCUT2D eigenvalue weighted by Gasteiger charge is 2.05. The molecule has 2 aromatic rings. The first kappa shape index (κ1) is 13.7. The average Bonchev–Trinajstić information content (AvgIpc) is 3.00. The standard InChI is InChI=1S/C13H22N6/c1-11(2)19-8-6-13(16-19)10-18-9-12(15-17-18)5-3-4-7-14/h6,8-9,11H,3-5,7,10,14H2,1-2H3. The molecule has 2 rings (SSSR count). The molecule has 0 atom stereocenters. The zero-order valence-corrected chi connectivity index (χ0v) is 11.7. The second-order valence-corrected chi connectivity index (χ2v) is 5.03. The molecule has 2 aromatic heterocycles. The smallest absolute Gasteiger partial charge is 0.0867 e. The van der Waals surface area contributed by atoms with Crippen LogP contribution in [0.15, 0.2) is 18.5 Å². The van der Waals surface area contributed by atoms with Crippen LogP contribution in [0.2, 0.25) is 0 Å². The van der Waals surface area contributed by atoms with E-state index >= 15 is 0 Å². The fraction of sp³-hybridized carbons (Fsp3) is 0.615. The predicted octanol–water partition coefficient (Wildman–Crippen LogP) is 1.39. The van der Waals surface area contributed by atoms with Crippen molar-refractivity contribution in [2.45, 2.75) is 45.7 Å². The molecule has 0 aliphatic heterocycles. The Labute approximate surface area is 113 Å². The molecule has 19 heavy (non-hydrogen) atoms. The summed E-state index contributed by atoms with van der Waals surface area (Å²) in [4.78, 5) is 0. The van der Waals surface area contributed by atoms with E-state index in [2.05, 4.69) is 29.3 Å². The Bertz CT molecular complexity index is 499. The Morgan fingerprint density at radius 3 is 2.79 bits per heavy atom. The number of aromatic nitrogens is 5. The number of rotatable bonds is 7. The van der Waals surface area contributed by atoms with Crippen LogP contribution >= 0.6 is 0 Å². The second kappa shape index (κ2) is 6.47. The van der Waals surface area contributed by atoms with Gasteiger partial charge < -0.3 is 5.73 Å². The van der Waals surface area contributed by atoms with E-state index in [1.165, 1.54) is 0 Å². The van der Waals surface area contributed by atoms with Crippen LogP contribution < -0.4 is 5.73 Å². The highest BCUT2D eigenvalue weighted by atomic mass is 15.4. The first-order valence-electron chi connectivity index (χ1n) is 6.82. The molecular weight excluding hydrogens is 240 g/mol. The topological polar surface area (TPSA) is 74.5 Å². The highest BCUT2D eigenvalue weighted by Crippen LogP contribution is 2.06. The highest BCUT2D eigenvalue weighted by molar-refractivity contribution is 5.01. The number of nitrogens with two attached hydrogens (primary N) is 1. The van der Waals surface area contributed by atoms with Gasteiger partial charge >= 0.3 is 0 Å². The molecule has 6 nitrogen and oxygen atoms in total. The lowest BCUT2D eigenvalue weighted by atomic mass is 10.2. The summed E-state index contributed by atoms with van der Waals surface area (Å²) in [6.45, 7) is 5.63. The summed E-state index contributed by atoms with van der Waals surface area (Å²) in [6.07, 6.45) is 7.03. The van der Waals surface area contributed by atoms with Gasteiger partial charge in [0.2, 0.25) is 0 Å². The molecule has 2 heterocycles. The first-order valence-corrected chi connectivity index (χ1v) is 6.82. The molecule has 0 aliphatic rings. The second-order valence-electron chi connectivity index (χ2n) is 5.03. The van der Waals surface area contributed by atoms with E-state index in [0.717, 1.165) is 37.2 Å². The minimum Gasteiger partial charge on any atom is -0.330 e. The van der Waals surface area contributed by atoms with Crippen LogP contribution in [0.3, 0.4) is 0 Å². The van der Waals surface area contributed by atoms with Gasteiger partial charge in [-0.3, -0.25) is 4.68 Å². The summed E-state index contributed by atoms with van der Waals surface area (Å²) in [7, 11) is 0. The van der Waals surface area contributed by atoms with E-state index in [-0.39, 0.29) is 0 Å². The van der Waals surface area contributed by atoms with Gasteiger partial charge in [0, 0.05) is 18.4 Å². The monoisotopic (exact) mass is 262 g/mol. The van der Waals surface area contributed by atoms with Crippen LogP contribution in [-0.4, -0.2) is 31.3 Å². The van der Waals surface area contributed by atoms with Gasteiger partial charge in [-0.2, -0.15) is 5.10 Å². The van der Waals surface area contributed by atoms with E-state index < -0.39 is 0 Å². The van der Waals surface area contributed by atoms with Gasteiger partial charge in [-0.05, 0) is 45.7 Å². The Hall–Kier alpha value is -1.69. The molecule has 0 amide bonds. The maximum absolute atomic E-state index is 5.47. The molecular formula is C13H22N6. The fourth-order valence-electron chi connectivity index (χ4n) is 1.90. The van der Waals surface area contributed by atoms with Gasteiger partial charge in [-0.25, -0.2) is 4.68 Å². The van der Waals surface area contributed by atoms with Crippen molar-refractivity contribution in [2.75, 3.05) is 6.54 Å². The molecule has 104 valence electrons. The molecule has 2 N–H and O–H groups in total. The zero-order valence-electron chi connectivity index (χ0n) is 11.7. The number of hydrogen-bond acceptors (Lipinski definition) is 4. The Morgan fingerprint density at radius 1 is 1.26 bits per heavy atom. The summed E-state index contributed by atoms with van der Waals surface area (Å²) in [5, 5.41) is 12.8. The van der Waals surface area contributed by atoms with Crippen molar-refractivity contribution in [3.05, 3.63) is 29.8 Å². The van der Waals surface area contributed by atoms with E-state index in [1.54, 1.807) is 0 Å². The van der Waals surface area contributed by atoms with Gasteiger partial charge in [0.05, 0.1) is 17.9 Å². The van der Waals surface area contributed by atoms with Crippen molar-refractivity contribution in [3.8, 4) is 0 Å². The number of hydrogen-bond donors (Lipinski definition) is 1. The average molecular weight is 262 g/mol. The maximum atomic E-state index is 5.47. The molecule has 0 aliphatic carbocycles. The molecule has 6 heteroatoms. The minimum atomic E-state index is 0.385. The Kier molecular flexibility index (Phi) is 4.68. The number of unbranched alkanes of at least 4 members (excludes halogenated alkanes) is 1. The van der Waals surface area contributed by atoms with Gasteiger partial charge in [0.1, 0.15) is 0 Å². The molecule has 0 unspecified atom stereocenters. The molecule has 0 aromatic carbocycles. The lowest BCUT2D eigenvalue weighted by molar-refractivity contribution is 0.519. The Morgan fingerprint density at radius 2 is 2.11 bits per heavy atom. The zero-order chi connectivity index (χ0) is 13.7. The molecule has 0 saturated heterocycles. The van der Waals surface area contributed by atoms with Crippen molar-refractivity contribution < 1.29 is 0 Å². The van der Waals surface area contributed by atoms with E-state index in [1.807, 2.05) is 27.8 Å². The van der Waals surface area contributed by atoms with Crippen LogP contribution in [0.5, 0.6) is 0 Å². The van der Waals surface area contributed by atoms with E-state index in [4.69, 9.17) is 5.73 Å². The third kappa shape index (κ3) is 3.89. The van der Waals surface area contributed by atoms with Crippen LogP contribution in [0.1, 0.15) is 44.1 Å². The van der Waals surface area contributed by atoms with Crippen LogP contribution in [0, 0.1) is 0 Å². The third-order valence-electron chi connectivity index (χ3n) is 2.99. The SMILES string of the molecule is CC(C)n1ccc(Cn2cc(CCCCN)nn2)n1. The van der Waals surface area contributed by atoms with E-state index in [0.29, 0.717) is 12.6 Å². The first-order chi connectivity index (χ1) is 9.19.